The van der Waals surface area contributed by atoms with E-state index in [0.717, 1.165) is 0 Å². The smallest absolute Gasteiger partial charge is 0.145 e. The van der Waals surface area contributed by atoms with Crippen molar-refractivity contribution in [2.45, 2.75) is 18.3 Å². The molecule has 0 amide bonds. The van der Waals surface area contributed by atoms with E-state index in [9.17, 15) is 9.50 Å². The molecule has 1 aliphatic carbocycles. The fourth-order valence-electron chi connectivity index (χ4n) is 1.54. The van der Waals surface area contributed by atoms with Gasteiger partial charge < -0.3 is 5.11 Å². The molecule has 2 nitrogen and oxygen atoms in total. The molecule has 0 atom stereocenters. The molecule has 14 heavy (non-hydrogen) atoms. The van der Waals surface area contributed by atoms with Gasteiger partial charge in [0.2, 0.25) is 0 Å². The van der Waals surface area contributed by atoms with Crippen molar-refractivity contribution in [2.24, 2.45) is 0 Å². The van der Waals surface area contributed by atoms with E-state index in [2.05, 4.69) is 22.0 Å². The summed E-state index contributed by atoms with van der Waals surface area (Å²) in [4.78, 5) is 0. The van der Waals surface area contributed by atoms with Crippen LogP contribution in [-0.4, -0.2) is 5.11 Å². The van der Waals surface area contributed by atoms with E-state index in [0.29, 0.717) is 12.8 Å². The first-order valence-corrected chi connectivity index (χ1v) is 4.99. The molecular formula is C10H7BrFNO. The summed E-state index contributed by atoms with van der Waals surface area (Å²) in [5, 5.41) is 18.4. The van der Waals surface area contributed by atoms with Crippen LogP contribution in [0.4, 0.5) is 4.39 Å². The summed E-state index contributed by atoms with van der Waals surface area (Å²) in [7, 11) is 0. The Bertz CT molecular complexity index is 434. The van der Waals surface area contributed by atoms with Crippen molar-refractivity contribution in [1.29, 1.82) is 5.26 Å². The van der Waals surface area contributed by atoms with Crippen LogP contribution in [0.15, 0.2) is 16.6 Å². The second-order valence-corrected chi connectivity index (χ2v) is 4.30. The predicted molar refractivity (Wildman–Crippen MR) is 52.3 cm³/mol. The Hall–Kier alpha value is -1.08. The van der Waals surface area contributed by atoms with Crippen LogP contribution in [0.3, 0.4) is 0 Å². The topological polar surface area (TPSA) is 44.0 Å². The Morgan fingerprint density at radius 3 is 2.64 bits per heavy atom. The van der Waals surface area contributed by atoms with Crippen LogP contribution >= 0.6 is 15.9 Å². The zero-order chi connectivity index (χ0) is 10.3. The standard InChI is InChI=1S/C10H7BrFNO/c11-6-1-2-7(14)8(9(6)12)10(5-13)3-4-10/h1-2,14H,3-4H2. The zero-order valence-corrected chi connectivity index (χ0v) is 8.81. The maximum absolute atomic E-state index is 13.6. The number of benzene rings is 1. The van der Waals surface area contributed by atoms with Crippen LogP contribution in [0.2, 0.25) is 0 Å². The molecule has 0 radical (unpaired) electrons. The van der Waals surface area contributed by atoms with Crippen LogP contribution in [0, 0.1) is 17.1 Å². The van der Waals surface area contributed by atoms with Crippen molar-refractivity contribution >= 4 is 15.9 Å². The van der Waals surface area contributed by atoms with Gasteiger partial charge in [-0.05, 0) is 40.9 Å². The Labute approximate surface area is 89.1 Å². The van der Waals surface area contributed by atoms with Crippen molar-refractivity contribution in [1.82, 2.24) is 0 Å². The summed E-state index contributed by atoms with van der Waals surface area (Å²) in [5.41, 5.74) is -0.660. The molecule has 4 heteroatoms. The molecule has 0 heterocycles. The molecule has 1 fully saturated rings. The number of nitrogens with zero attached hydrogens (tertiary/aromatic N) is 1. The minimum atomic E-state index is -0.794. The van der Waals surface area contributed by atoms with E-state index < -0.39 is 11.2 Å². The van der Waals surface area contributed by atoms with Gasteiger partial charge in [-0.15, -0.1) is 0 Å². The number of nitriles is 1. The largest absolute Gasteiger partial charge is 0.508 e. The van der Waals surface area contributed by atoms with E-state index in [1.165, 1.54) is 12.1 Å². The van der Waals surface area contributed by atoms with Crippen LogP contribution < -0.4 is 0 Å². The van der Waals surface area contributed by atoms with Crippen molar-refractivity contribution in [2.75, 3.05) is 0 Å². The van der Waals surface area contributed by atoms with E-state index in [4.69, 9.17) is 5.26 Å². The SMILES string of the molecule is N#CC1(c2c(O)ccc(Br)c2F)CC1. The lowest BCUT2D eigenvalue weighted by Crippen LogP contribution is -2.06. The molecule has 0 spiro atoms. The molecule has 72 valence electrons. The maximum atomic E-state index is 13.6. The quantitative estimate of drug-likeness (QED) is 0.839. The van der Waals surface area contributed by atoms with Crippen molar-refractivity contribution < 1.29 is 9.50 Å². The summed E-state index contributed by atoms with van der Waals surface area (Å²) in [5.74, 6) is -0.659. The Morgan fingerprint density at radius 2 is 2.14 bits per heavy atom. The lowest BCUT2D eigenvalue weighted by atomic mass is 9.96. The Kier molecular flexibility index (Phi) is 2.00. The summed E-state index contributed by atoms with van der Waals surface area (Å²) >= 11 is 3.03. The average Bonchev–Trinajstić information content (AvgIpc) is 2.93. The highest BCUT2D eigenvalue weighted by atomic mass is 79.9. The predicted octanol–water partition coefficient (Wildman–Crippen LogP) is 2.85. The average molecular weight is 256 g/mol. The van der Waals surface area contributed by atoms with E-state index in [1.54, 1.807) is 0 Å². The van der Waals surface area contributed by atoms with Gasteiger partial charge in [0.25, 0.3) is 0 Å². The van der Waals surface area contributed by atoms with Gasteiger partial charge in [0.15, 0.2) is 0 Å². The second-order valence-electron chi connectivity index (χ2n) is 3.45. The number of hydrogen-bond acceptors (Lipinski definition) is 2. The van der Waals surface area contributed by atoms with Crippen LogP contribution in [0.1, 0.15) is 18.4 Å². The van der Waals surface area contributed by atoms with Gasteiger partial charge >= 0.3 is 0 Å². The lowest BCUT2D eigenvalue weighted by molar-refractivity contribution is 0.453. The van der Waals surface area contributed by atoms with Gasteiger partial charge in [-0.1, -0.05) is 0 Å². The van der Waals surface area contributed by atoms with Gasteiger partial charge in [-0.2, -0.15) is 5.26 Å². The first kappa shape index (κ1) is 9.47. The highest BCUT2D eigenvalue weighted by molar-refractivity contribution is 9.10. The van der Waals surface area contributed by atoms with Crippen LogP contribution in [-0.2, 0) is 5.41 Å². The van der Waals surface area contributed by atoms with Gasteiger partial charge in [0.1, 0.15) is 11.6 Å². The zero-order valence-electron chi connectivity index (χ0n) is 7.22. The molecule has 0 bridgehead atoms. The first-order valence-electron chi connectivity index (χ1n) is 4.19. The highest BCUT2D eigenvalue weighted by Gasteiger charge is 2.48. The molecule has 1 saturated carbocycles. The molecule has 0 saturated heterocycles. The molecule has 0 aliphatic heterocycles. The van der Waals surface area contributed by atoms with Gasteiger partial charge in [-0.3, -0.25) is 0 Å². The molecule has 1 N–H and O–H groups in total. The monoisotopic (exact) mass is 255 g/mol. The van der Waals surface area contributed by atoms with E-state index >= 15 is 0 Å². The fourth-order valence-corrected chi connectivity index (χ4v) is 1.87. The van der Waals surface area contributed by atoms with Crippen molar-refractivity contribution in [3.63, 3.8) is 0 Å². The van der Waals surface area contributed by atoms with Gasteiger partial charge in [0, 0.05) is 0 Å². The fraction of sp³-hybridized carbons (Fsp3) is 0.300. The summed E-state index contributed by atoms with van der Waals surface area (Å²) in [6, 6.07) is 4.89. The van der Waals surface area contributed by atoms with Crippen molar-refractivity contribution in [3.05, 3.63) is 28.0 Å². The molecule has 0 unspecified atom stereocenters. The van der Waals surface area contributed by atoms with Crippen LogP contribution in [0.25, 0.3) is 0 Å². The van der Waals surface area contributed by atoms with E-state index in [1.807, 2.05) is 0 Å². The summed E-state index contributed by atoms with van der Waals surface area (Å²) in [6.45, 7) is 0. The van der Waals surface area contributed by atoms with Crippen LogP contribution in [0.5, 0.6) is 5.75 Å². The summed E-state index contributed by atoms with van der Waals surface area (Å²) < 4.78 is 13.9. The Morgan fingerprint density at radius 1 is 1.50 bits per heavy atom. The number of rotatable bonds is 1. The van der Waals surface area contributed by atoms with Gasteiger partial charge in [0.05, 0.1) is 21.5 Å². The molecular weight excluding hydrogens is 249 g/mol. The number of halogens is 2. The summed E-state index contributed by atoms with van der Waals surface area (Å²) in [6.07, 6.45) is 1.23. The normalized spacial score (nSPS) is 17.5. The molecule has 1 aromatic rings. The number of phenols is 1. The third-order valence-corrected chi connectivity index (χ3v) is 3.13. The third-order valence-electron chi connectivity index (χ3n) is 2.52. The lowest BCUT2D eigenvalue weighted by Gasteiger charge is -2.10. The molecule has 1 aliphatic rings. The second kappa shape index (κ2) is 2.96. The number of aromatic hydroxyl groups is 1. The molecule has 1 aromatic carbocycles. The minimum Gasteiger partial charge on any atom is -0.508 e. The van der Waals surface area contributed by atoms with Gasteiger partial charge in [-0.25, -0.2) is 4.39 Å². The number of phenolic OH excluding ortho intramolecular Hbond substituents is 1. The van der Waals surface area contributed by atoms with Crippen molar-refractivity contribution in [3.8, 4) is 11.8 Å². The Balaban J connectivity index is 2.64. The van der Waals surface area contributed by atoms with E-state index in [-0.39, 0.29) is 15.8 Å². The number of hydrogen-bond donors (Lipinski definition) is 1. The minimum absolute atomic E-state index is 0.134. The molecule has 0 aromatic heterocycles. The highest BCUT2D eigenvalue weighted by Crippen LogP contribution is 2.52. The first-order chi connectivity index (χ1) is 6.60. The molecule has 2 rings (SSSR count). The third kappa shape index (κ3) is 1.20. The maximum Gasteiger partial charge on any atom is 0.145 e.